The Labute approximate surface area is 151 Å². The van der Waals surface area contributed by atoms with Crippen molar-refractivity contribution >= 4 is 17.5 Å². The number of carbonyl (C=O) groups is 1. The Hall–Kier alpha value is -2.79. The first-order valence-electron chi connectivity index (χ1n) is 7.83. The Balaban J connectivity index is 1.74. The minimum atomic E-state index is -0.385. The molecule has 3 rings (SSSR count). The highest BCUT2D eigenvalue weighted by Crippen LogP contribution is 2.22. The summed E-state index contributed by atoms with van der Waals surface area (Å²) in [4.78, 5) is 16.7. The van der Waals surface area contributed by atoms with Gasteiger partial charge in [0.2, 0.25) is 0 Å². The fourth-order valence-corrected chi connectivity index (χ4v) is 2.60. The van der Waals surface area contributed by atoms with Gasteiger partial charge in [0.15, 0.2) is 6.61 Å². The van der Waals surface area contributed by atoms with Gasteiger partial charge in [-0.15, -0.1) is 0 Å². The first-order valence-corrected chi connectivity index (χ1v) is 8.21. The summed E-state index contributed by atoms with van der Waals surface area (Å²) in [5.74, 6) is 1.15. The maximum absolute atomic E-state index is 12.4. The van der Waals surface area contributed by atoms with Crippen LogP contribution in [0.4, 0.5) is 0 Å². The van der Waals surface area contributed by atoms with E-state index in [1.165, 1.54) is 0 Å². The van der Waals surface area contributed by atoms with Crippen LogP contribution in [-0.4, -0.2) is 22.1 Å². The van der Waals surface area contributed by atoms with E-state index in [0.717, 1.165) is 11.4 Å². The highest BCUT2D eigenvalue weighted by molar-refractivity contribution is 6.30. The average Bonchev–Trinajstić information content (AvgIpc) is 3.05. The smallest absolute Gasteiger partial charge is 0.258 e. The third-order valence-electron chi connectivity index (χ3n) is 3.74. The number of carbonyl (C=O) groups excluding carboxylic acids is 1. The van der Waals surface area contributed by atoms with Crippen LogP contribution in [0.25, 0.3) is 0 Å². The molecule has 0 aliphatic rings. The van der Waals surface area contributed by atoms with E-state index in [1.807, 2.05) is 60.3 Å². The van der Waals surface area contributed by atoms with E-state index in [1.54, 1.807) is 18.3 Å². The summed E-state index contributed by atoms with van der Waals surface area (Å²) in [6.07, 6.45) is 3.54. The van der Waals surface area contributed by atoms with Crippen molar-refractivity contribution in [3.05, 3.63) is 83.4 Å². The zero-order valence-electron chi connectivity index (χ0n) is 13.7. The number of aryl methyl sites for hydroxylation is 1. The molecule has 0 unspecified atom stereocenters. The maximum Gasteiger partial charge on any atom is 0.258 e. The van der Waals surface area contributed by atoms with Gasteiger partial charge in [-0.1, -0.05) is 41.9 Å². The predicted molar refractivity (Wildman–Crippen MR) is 96.6 cm³/mol. The van der Waals surface area contributed by atoms with Gasteiger partial charge >= 0.3 is 0 Å². The van der Waals surface area contributed by atoms with Crippen LogP contribution < -0.4 is 10.1 Å². The number of imidazole rings is 1. The highest BCUT2D eigenvalue weighted by atomic mass is 35.5. The number of hydrogen-bond acceptors (Lipinski definition) is 3. The average molecular weight is 356 g/mol. The van der Waals surface area contributed by atoms with Gasteiger partial charge in [-0.05, 0) is 29.8 Å². The quantitative estimate of drug-likeness (QED) is 0.737. The van der Waals surface area contributed by atoms with Crippen LogP contribution >= 0.6 is 11.6 Å². The van der Waals surface area contributed by atoms with Crippen molar-refractivity contribution in [3.63, 3.8) is 0 Å². The third-order valence-corrected chi connectivity index (χ3v) is 3.99. The minimum absolute atomic E-state index is 0.0709. The number of para-hydroxylation sites is 1. The summed E-state index contributed by atoms with van der Waals surface area (Å²) >= 11 is 5.97. The Bertz CT molecular complexity index is 831. The van der Waals surface area contributed by atoms with E-state index in [-0.39, 0.29) is 18.6 Å². The summed E-state index contributed by atoms with van der Waals surface area (Å²) in [5, 5.41) is 3.62. The van der Waals surface area contributed by atoms with Crippen LogP contribution in [0, 0.1) is 0 Å². The van der Waals surface area contributed by atoms with Gasteiger partial charge in [-0.2, -0.15) is 0 Å². The van der Waals surface area contributed by atoms with Gasteiger partial charge in [-0.25, -0.2) is 4.98 Å². The molecule has 0 spiro atoms. The Morgan fingerprint density at radius 2 is 1.92 bits per heavy atom. The molecule has 3 aromatic rings. The number of nitrogens with zero attached hydrogens (tertiary/aromatic N) is 2. The molecule has 2 aromatic carbocycles. The van der Waals surface area contributed by atoms with Gasteiger partial charge in [0.05, 0.1) is 0 Å². The Morgan fingerprint density at radius 1 is 1.20 bits per heavy atom. The molecular weight excluding hydrogens is 338 g/mol. The lowest BCUT2D eigenvalue weighted by Gasteiger charge is -2.19. The molecule has 0 aliphatic carbocycles. The van der Waals surface area contributed by atoms with Crippen LogP contribution in [0.2, 0.25) is 5.02 Å². The second-order valence-electron chi connectivity index (χ2n) is 5.55. The minimum Gasteiger partial charge on any atom is -0.484 e. The van der Waals surface area contributed by atoms with Crippen molar-refractivity contribution in [3.8, 4) is 5.75 Å². The number of amides is 1. The fourth-order valence-electron chi connectivity index (χ4n) is 2.48. The molecule has 0 saturated heterocycles. The molecule has 0 aliphatic heterocycles. The summed E-state index contributed by atoms with van der Waals surface area (Å²) < 4.78 is 7.38. The lowest BCUT2D eigenvalue weighted by molar-refractivity contribution is -0.123. The first-order chi connectivity index (χ1) is 12.1. The molecule has 1 heterocycles. The first kappa shape index (κ1) is 17.0. The number of nitrogens with one attached hydrogen (secondary N) is 1. The highest BCUT2D eigenvalue weighted by Gasteiger charge is 2.21. The zero-order valence-corrected chi connectivity index (χ0v) is 14.5. The van der Waals surface area contributed by atoms with Gasteiger partial charge in [-0.3, -0.25) is 4.79 Å². The third kappa shape index (κ3) is 4.39. The van der Waals surface area contributed by atoms with Crippen molar-refractivity contribution in [1.82, 2.24) is 14.9 Å². The summed E-state index contributed by atoms with van der Waals surface area (Å²) in [6.45, 7) is -0.0709. The molecule has 0 radical (unpaired) electrons. The molecule has 0 saturated carbocycles. The van der Waals surface area contributed by atoms with E-state index >= 15 is 0 Å². The van der Waals surface area contributed by atoms with Gasteiger partial charge < -0.3 is 14.6 Å². The molecule has 0 bridgehead atoms. The second-order valence-corrected chi connectivity index (χ2v) is 5.99. The van der Waals surface area contributed by atoms with Crippen molar-refractivity contribution in [1.29, 1.82) is 0 Å². The monoisotopic (exact) mass is 355 g/mol. The largest absolute Gasteiger partial charge is 0.484 e. The van der Waals surface area contributed by atoms with Gasteiger partial charge in [0.1, 0.15) is 17.6 Å². The molecule has 25 heavy (non-hydrogen) atoms. The van der Waals surface area contributed by atoms with E-state index < -0.39 is 0 Å². The lowest BCUT2D eigenvalue weighted by atomic mass is 10.1. The zero-order chi connectivity index (χ0) is 17.6. The van der Waals surface area contributed by atoms with E-state index in [0.29, 0.717) is 10.8 Å². The van der Waals surface area contributed by atoms with E-state index in [4.69, 9.17) is 16.3 Å². The second kappa shape index (κ2) is 7.85. The summed E-state index contributed by atoms with van der Waals surface area (Å²) in [7, 11) is 1.89. The molecule has 6 heteroatoms. The lowest BCUT2D eigenvalue weighted by Crippen LogP contribution is -2.34. The number of benzene rings is 2. The Kier molecular flexibility index (Phi) is 5.36. The summed E-state index contributed by atoms with van der Waals surface area (Å²) in [5.41, 5.74) is 0.895. The Morgan fingerprint density at radius 3 is 2.56 bits per heavy atom. The van der Waals surface area contributed by atoms with Gasteiger partial charge in [0, 0.05) is 24.5 Å². The van der Waals surface area contributed by atoms with Crippen LogP contribution in [0.1, 0.15) is 17.4 Å². The topological polar surface area (TPSA) is 56.2 Å². The van der Waals surface area contributed by atoms with Gasteiger partial charge in [0.25, 0.3) is 5.91 Å². The number of halogens is 1. The van der Waals surface area contributed by atoms with Crippen LogP contribution in [-0.2, 0) is 11.8 Å². The molecule has 1 atom stereocenters. The molecule has 1 aromatic heterocycles. The SMILES string of the molecule is Cn1ccnc1[C@@H](NC(=O)COc1ccccc1)c1ccc(Cl)cc1. The number of aromatic nitrogens is 2. The van der Waals surface area contributed by atoms with Crippen molar-refractivity contribution in [2.75, 3.05) is 6.61 Å². The molecule has 128 valence electrons. The van der Waals surface area contributed by atoms with E-state index in [9.17, 15) is 4.79 Å². The normalized spacial score (nSPS) is 11.8. The number of ether oxygens (including phenoxy) is 1. The standard InChI is InChI=1S/C19H18ClN3O2/c1-23-12-11-21-19(23)18(14-7-9-15(20)10-8-14)22-17(24)13-25-16-5-3-2-4-6-16/h2-12,18H,13H2,1H3,(H,22,24)/t18-/m0/s1. The predicted octanol–water partition coefficient (Wildman–Crippen LogP) is 3.36. The fraction of sp³-hybridized carbons (Fsp3) is 0.158. The molecule has 1 amide bonds. The molecule has 5 nitrogen and oxygen atoms in total. The van der Waals surface area contributed by atoms with Crippen molar-refractivity contribution < 1.29 is 9.53 Å². The van der Waals surface area contributed by atoms with Crippen LogP contribution in [0.3, 0.4) is 0 Å². The maximum atomic E-state index is 12.4. The van der Waals surface area contributed by atoms with Crippen molar-refractivity contribution in [2.45, 2.75) is 6.04 Å². The van der Waals surface area contributed by atoms with Crippen molar-refractivity contribution in [2.24, 2.45) is 7.05 Å². The van der Waals surface area contributed by atoms with E-state index in [2.05, 4.69) is 10.3 Å². The molecular formula is C19H18ClN3O2. The molecule has 0 fully saturated rings. The number of hydrogen-bond donors (Lipinski definition) is 1. The molecule has 1 N–H and O–H groups in total. The van der Waals surface area contributed by atoms with Crippen LogP contribution in [0.5, 0.6) is 5.75 Å². The summed E-state index contributed by atoms with van der Waals surface area (Å²) in [6, 6.07) is 16.2. The number of rotatable bonds is 6. The van der Waals surface area contributed by atoms with Crippen LogP contribution in [0.15, 0.2) is 67.0 Å².